The largest absolute Gasteiger partial charge is 0.273 e. The van der Waals surface area contributed by atoms with Crippen molar-refractivity contribution in [3.8, 4) is 0 Å². The molecule has 3 nitrogen and oxygen atoms in total. The Morgan fingerprint density at radius 2 is 2.71 bits per heavy atom. The first-order valence-electron chi connectivity index (χ1n) is 1.98. The Morgan fingerprint density at radius 3 is 3.00 bits per heavy atom. The molecule has 0 unspecified atom stereocenters. The van der Waals surface area contributed by atoms with Crippen LogP contribution >= 0.6 is 11.8 Å². The molecule has 0 saturated carbocycles. The van der Waals surface area contributed by atoms with Crippen LogP contribution in [-0.2, 0) is 4.89 Å². The van der Waals surface area contributed by atoms with Crippen LogP contribution in [0.15, 0.2) is 0 Å². The summed E-state index contributed by atoms with van der Waals surface area (Å²) in [5.74, 6) is 0.982. The van der Waals surface area contributed by atoms with Crippen molar-refractivity contribution in [3.05, 3.63) is 5.56 Å². The molecule has 0 aromatic heterocycles. The maximum atomic E-state index is 7.95. The molecule has 2 N–H and O–H groups in total. The fourth-order valence-electron chi connectivity index (χ4n) is 0.406. The third-order valence-corrected chi connectivity index (χ3v) is 1.58. The molecular weight excluding hydrogens is 114 g/mol. The van der Waals surface area contributed by atoms with Gasteiger partial charge in [0.05, 0.1) is 0 Å². The fourth-order valence-corrected chi connectivity index (χ4v) is 1.05. The summed E-state index contributed by atoms with van der Waals surface area (Å²) >= 11 is 1.48. The van der Waals surface area contributed by atoms with Gasteiger partial charge in [-0.25, -0.2) is 5.26 Å². The van der Waals surface area contributed by atoms with Crippen LogP contribution in [0.5, 0.6) is 0 Å². The average Bonchev–Trinajstić information content (AvgIpc) is 2.14. The predicted molar refractivity (Wildman–Crippen MR) is 27.4 cm³/mol. The smallest absolute Gasteiger partial charge is 0.256 e. The topological polar surface area (TPSA) is 41.5 Å². The summed E-state index contributed by atoms with van der Waals surface area (Å²) in [5.41, 5.74) is 0.514. The van der Waals surface area contributed by atoms with Crippen molar-refractivity contribution < 1.29 is 10.1 Å². The van der Waals surface area contributed by atoms with E-state index < -0.39 is 0 Å². The highest BCUT2D eigenvalue weighted by molar-refractivity contribution is 8.02. The first kappa shape index (κ1) is 5.37. The summed E-state index contributed by atoms with van der Waals surface area (Å²) in [7, 11) is 0. The van der Waals surface area contributed by atoms with E-state index in [-0.39, 0.29) is 0 Å². The lowest BCUT2D eigenvalue weighted by Crippen LogP contribution is -2.12. The van der Waals surface area contributed by atoms with E-state index in [4.69, 9.17) is 5.26 Å². The van der Waals surface area contributed by atoms with Crippen molar-refractivity contribution in [2.45, 2.75) is 0 Å². The Kier molecular flexibility index (Phi) is 1.93. The zero-order valence-corrected chi connectivity index (χ0v) is 4.49. The predicted octanol–water partition coefficient (Wildman–Crippen LogP) is 0.259. The highest BCUT2D eigenvalue weighted by Gasteiger charge is 2.15. The van der Waals surface area contributed by atoms with E-state index >= 15 is 0 Å². The Hall–Kier alpha value is 0.230. The average molecular weight is 120 g/mol. The monoisotopic (exact) mass is 120 g/mol. The molecule has 0 amide bonds. The van der Waals surface area contributed by atoms with E-state index in [0.717, 1.165) is 12.3 Å². The van der Waals surface area contributed by atoms with Crippen LogP contribution in [0.4, 0.5) is 0 Å². The Bertz CT molecular complexity index is 54.9. The van der Waals surface area contributed by atoms with Gasteiger partial charge >= 0.3 is 0 Å². The van der Waals surface area contributed by atoms with Crippen molar-refractivity contribution in [2.75, 3.05) is 12.3 Å². The van der Waals surface area contributed by atoms with Crippen LogP contribution in [0.1, 0.15) is 0 Å². The summed E-state index contributed by atoms with van der Waals surface area (Å²) in [4.78, 5) is 3.88. The molecular formula is C3H6NO2S. The third-order valence-electron chi connectivity index (χ3n) is 0.687. The third kappa shape index (κ3) is 1.31. The van der Waals surface area contributed by atoms with Gasteiger partial charge < -0.3 is 0 Å². The van der Waals surface area contributed by atoms with E-state index in [1.165, 1.54) is 11.8 Å². The lowest BCUT2D eigenvalue weighted by molar-refractivity contribution is -0.222. The molecule has 0 atom stereocenters. The normalized spacial score (nSPS) is 23.6. The minimum Gasteiger partial charge on any atom is -0.273 e. The maximum absolute atomic E-state index is 7.95. The molecule has 0 aliphatic carbocycles. The highest BCUT2D eigenvalue weighted by Crippen LogP contribution is 2.20. The first-order valence-corrected chi connectivity index (χ1v) is 2.97. The quantitative estimate of drug-likeness (QED) is 0.384. The lowest BCUT2D eigenvalue weighted by atomic mass is 10.8. The number of thioether (sulfide) groups is 1. The summed E-state index contributed by atoms with van der Waals surface area (Å²) in [5, 5.41) is 10.8. The van der Waals surface area contributed by atoms with Gasteiger partial charge in [-0.05, 0) is 0 Å². The van der Waals surface area contributed by atoms with Gasteiger partial charge in [0, 0.05) is 12.3 Å². The molecule has 0 aromatic rings. The van der Waals surface area contributed by atoms with Crippen molar-refractivity contribution in [1.82, 2.24) is 5.32 Å². The van der Waals surface area contributed by atoms with Gasteiger partial charge in [0.15, 0.2) is 0 Å². The summed E-state index contributed by atoms with van der Waals surface area (Å²) in [6, 6.07) is 0. The van der Waals surface area contributed by atoms with Gasteiger partial charge in [0.25, 0.3) is 5.56 Å². The van der Waals surface area contributed by atoms with Crippen molar-refractivity contribution >= 4 is 11.8 Å². The SMILES string of the molecule is OO[C]1NCCS1. The van der Waals surface area contributed by atoms with E-state index in [2.05, 4.69) is 10.2 Å². The molecule has 1 aliphatic heterocycles. The molecule has 4 heteroatoms. The molecule has 1 rings (SSSR count). The van der Waals surface area contributed by atoms with Crippen molar-refractivity contribution in [3.63, 3.8) is 0 Å². The van der Waals surface area contributed by atoms with E-state index in [0.29, 0.717) is 5.56 Å². The molecule has 1 saturated heterocycles. The Balaban J connectivity index is 2.14. The van der Waals surface area contributed by atoms with Gasteiger partial charge in [-0.2, -0.15) is 4.89 Å². The van der Waals surface area contributed by atoms with Gasteiger partial charge in [0.2, 0.25) is 0 Å². The van der Waals surface area contributed by atoms with Gasteiger partial charge in [0.1, 0.15) is 0 Å². The van der Waals surface area contributed by atoms with Crippen LogP contribution in [0.3, 0.4) is 0 Å². The number of hydrogen-bond acceptors (Lipinski definition) is 4. The fraction of sp³-hybridized carbons (Fsp3) is 0.667. The summed E-state index contributed by atoms with van der Waals surface area (Å²) < 4.78 is 0. The van der Waals surface area contributed by atoms with E-state index in [9.17, 15) is 0 Å². The van der Waals surface area contributed by atoms with Crippen molar-refractivity contribution in [2.24, 2.45) is 0 Å². The molecule has 0 aromatic carbocycles. The zero-order chi connectivity index (χ0) is 5.11. The minimum absolute atomic E-state index is 0.514. The second kappa shape index (κ2) is 2.52. The molecule has 7 heavy (non-hydrogen) atoms. The molecule has 1 heterocycles. The van der Waals surface area contributed by atoms with Crippen LogP contribution < -0.4 is 5.32 Å². The van der Waals surface area contributed by atoms with Gasteiger partial charge in [-0.15, -0.1) is 11.8 Å². The highest BCUT2D eigenvalue weighted by atomic mass is 32.2. The molecule has 1 fully saturated rings. The number of hydrogen-bond donors (Lipinski definition) is 2. The second-order valence-corrected chi connectivity index (χ2v) is 2.22. The minimum atomic E-state index is 0.514. The standard InChI is InChI=1S/C3H6NO2S/c5-6-3-4-1-2-7-3/h4-5H,1-2H2. The number of nitrogens with one attached hydrogen (secondary N) is 1. The van der Waals surface area contributed by atoms with Crippen LogP contribution in [0.2, 0.25) is 0 Å². The van der Waals surface area contributed by atoms with Gasteiger partial charge in [-0.1, -0.05) is 0 Å². The first-order chi connectivity index (χ1) is 3.43. The maximum Gasteiger partial charge on any atom is 0.256 e. The van der Waals surface area contributed by atoms with E-state index in [1.807, 2.05) is 0 Å². The lowest BCUT2D eigenvalue weighted by Gasteiger charge is -1.97. The van der Waals surface area contributed by atoms with Crippen molar-refractivity contribution in [1.29, 1.82) is 0 Å². The molecule has 1 aliphatic rings. The van der Waals surface area contributed by atoms with Crippen LogP contribution in [-0.4, -0.2) is 17.6 Å². The Morgan fingerprint density at radius 1 is 1.86 bits per heavy atom. The summed E-state index contributed by atoms with van der Waals surface area (Å²) in [6.07, 6.45) is 0. The molecule has 0 spiro atoms. The van der Waals surface area contributed by atoms with Crippen LogP contribution in [0, 0.1) is 5.56 Å². The van der Waals surface area contributed by atoms with E-state index in [1.54, 1.807) is 0 Å². The molecule has 1 radical (unpaired) electrons. The number of rotatable bonds is 1. The van der Waals surface area contributed by atoms with Crippen LogP contribution in [0.25, 0.3) is 0 Å². The van der Waals surface area contributed by atoms with Gasteiger partial charge in [-0.3, -0.25) is 5.32 Å². The second-order valence-electron chi connectivity index (χ2n) is 1.15. The molecule has 41 valence electrons. The Labute approximate surface area is 46.0 Å². The summed E-state index contributed by atoms with van der Waals surface area (Å²) in [6.45, 7) is 0.889. The zero-order valence-electron chi connectivity index (χ0n) is 3.68. The molecule has 0 bridgehead atoms.